The monoisotopic (exact) mass is 741 g/mol. The van der Waals surface area contributed by atoms with E-state index in [2.05, 4.69) is 197 Å². The van der Waals surface area contributed by atoms with Crippen molar-refractivity contribution in [3.05, 3.63) is 202 Å². The maximum absolute atomic E-state index is 4.40. The second kappa shape index (κ2) is 13.2. The Morgan fingerprint density at radius 1 is 0.440 bits per heavy atom. The van der Waals surface area contributed by atoms with E-state index < -0.39 is 23.9 Å². The third-order valence-electron chi connectivity index (χ3n) is 12.6. The fraction of sp³-hybridized carbons (Fsp3) is 0.167. The van der Waals surface area contributed by atoms with E-state index in [1.165, 1.54) is 52.8 Å². The molecule has 2 heteroatoms. The molecule has 8 rings (SSSR count). The van der Waals surface area contributed by atoms with E-state index in [1.54, 1.807) is 22.3 Å². The fourth-order valence-corrected chi connectivity index (χ4v) is 57.3. The molecule has 0 saturated carbocycles. The van der Waals surface area contributed by atoms with Crippen LogP contribution in [0.25, 0.3) is 34.4 Å². The van der Waals surface area contributed by atoms with Gasteiger partial charge in [-0.2, -0.15) is 0 Å². The van der Waals surface area contributed by atoms with Gasteiger partial charge in [-0.1, -0.05) is 0 Å². The van der Waals surface area contributed by atoms with Crippen LogP contribution < -0.4 is 0 Å². The molecule has 0 spiro atoms. The predicted octanol–water partition coefficient (Wildman–Crippen LogP) is 12.7. The van der Waals surface area contributed by atoms with E-state index in [0.29, 0.717) is 7.25 Å². The van der Waals surface area contributed by atoms with Crippen LogP contribution in [0.4, 0.5) is 0 Å². The van der Waals surface area contributed by atoms with Gasteiger partial charge in [0.1, 0.15) is 0 Å². The van der Waals surface area contributed by atoms with Gasteiger partial charge in [0.05, 0.1) is 0 Å². The van der Waals surface area contributed by atoms with Crippen LogP contribution in [-0.4, -0.2) is 5.92 Å². The SMILES string of the molecule is CC1=Cc2c(-c3ccccc3)cccc2[CH]1[Zr]([CH2]c1ccccc1)([CH2]c1ccccc1)([CH]1C(C)=Cc2c(-c3ccccc3)cccc21)[SiH](C)C. The number of benzene rings is 6. The van der Waals surface area contributed by atoms with Crippen molar-refractivity contribution in [1.29, 1.82) is 0 Å². The van der Waals surface area contributed by atoms with Crippen molar-refractivity contribution < 1.29 is 17.9 Å². The fourth-order valence-electron chi connectivity index (χ4n) is 10.7. The molecule has 6 aromatic carbocycles. The van der Waals surface area contributed by atoms with Gasteiger partial charge >= 0.3 is 303 Å². The normalized spacial score (nSPS) is 17.4. The first-order valence-corrected chi connectivity index (χ1v) is 31.8. The van der Waals surface area contributed by atoms with Crippen molar-refractivity contribution in [2.75, 3.05) is 0 Å². The van der Waals surface area contributed by atoms with Crippen molar-refractivity contribution in [2.45, 2.75) is 42.5 Å². The Kier molecular flexibility index (Phi) is 8.74. The van der Waals surface area contributed by atoms with Crippen LogP contribution in [0.1, 0.15) is 54.5 Å². The Balaban J connectivity index is 1.48. The summed E-state index contributed by atoms with van der Waals surface area (Å²) in [5.74, 6) is -1.45. The van der Waals surface area contributed by atoms with Gasteiger partial charge in [-0.15, -0.1) is 0 Å². The Bertz CT molecular complexity index is 2060. The van der Waals surface area contributed by atoms with Crippen molar-refractivity contribution in [3.8, 4) is 22.3 Å². The van der Waals surface area contributed by atoms with Crippen LogP contribution in [0, 0.1) is 0 Å². The quantitative estimate of drug-likeness (QED) is 0.129. The van der Waals surface area contributed by atoms with Gasteiger partial charge in [0.25, 0.3) is 0 Å². The molecule has 0 fully saturated rings. The molecule has 0 aliphatic heterocycles. The third kappa shape index (κ3) is 5.26. The summed E-state index contributed by atoms with van der Waals surface area (Å²) in [7, 11) is 0. The molecule has 2 atom stereocenters. The summed E-state index contributed by atoms with van der Waals surface area (Å²) in [5.41, 5.74) is 17.7. The van der Waals surface area contributed by atoms with Gasteiger partial charge in [-0.25, -0.2) is 0 Å². The molecule has 0 bridgehead atoms. The molecule has 50 heavy (non-hydrogen) atoms. The van der Waals surface area contributed by atoms with Gasteiger partial charge in [0.2, 0.25) is 0 Å². The average Bonchev–Trinajstić information content (AvgIpc) is 3.69. The van der Waals surface area contributed by atoms with E-state index in [9.17, 15) is 0 Å². The first kappa shape index (κ1) is 33.1. The van der Waals surface area contributed by atoms with Gasteiger partial charge in [-0.05, 0) is 0 Å². The van der Waals surface area contributed by atoms with Gasteiger partial charge in [-0.3, -0.25) is 0 Å². The molecular formula is C48H47SiZr. The van der Waals surface area contributed by atoms with Crippen LogP contribution in [0.2, 0.25) is 13.1 Å². The molecule has 0 nitrogen and oxygen atoms in total. The number of allylic oxidation sites excluding steroid dienone is 2. The average molecular weight is 743 g/mol. The van der Waals surface area contributed by atoms with Crippen LogP contribution >= 0.6 is 0 Å². The Labute approximate surface area is 301 Å². The Morgan fingerprint density at radius 2 is 0.800 bits per heavy atom. The second-order valence-corrected chi connectivity index (χ2v) is 49.3. The summed E-state index contributed by atoms with van der Waals surface area (Å²) in [5, 5.41) is 0. The molecule has 2 aliphatic rings. The minimum absolute atomic E-state index is 0.446. The van der Waals surface area contributed by atoms with Crippen LogP contribution in [-0.2, 0) is 26.2 Å². The van der Waals surface area contributed by atoms with Crippen molar-refractivity contribution >= 4 is 18.1 Å². The Hall–Kier alpha value is -4.10. The zero-order valence-electron chi connectivity index (χ0n) is 29.8. The summed E-state index contributed by atoms with van der Waals surface area (Å²) in [6.07, 6.45) is 5.22. The summed E-state index contributed by atoms with van der Waals surface area (Å²) < 4.78 is 3.33. The van der Waals surface area contributed by atoms with E-state index >= 15 is 0 Å². The molecule has 0 N–H and O–H groups in total. The number of rotatable bonds is 9. The zero-order valence-corrected chi connectivity index (χ0v) is 33.4. The molecule has 0 aromatic heterocycles. The van der Waals surface area contributed by atoms with E-state index in [1.807, 2.05) is 0 Å². The predicted molar refractivity (Wildman–Crippen MR) is 216 cm³/mol. The van der Waals surface area contributed by atoms with E-state index in [-0.39, 0.29) is 0 Å². The molecule has 0 radical (unpaired) electrons. The summed E-state index contributed by atoms with van der Waals surface area (Å²) >= 11 is -4.40. The molecule has 2 aliphatic carbocycles. The summed E-state index contributed by atoms with van der Waals surface area (Å²) in [6.45, 7) is 10.5. The standard InChI is InChI=1S/2C16H13.2C7H7.C2H7Si.Zr/c2*1-12-10-14-8-5-9-15(16(14)11-12)13-6-3-2-4-7-13;2*1-7-5-3-2-4-6-7;1-3-2;/h2*2-11H,1H3;2*2-6H,1H2;3H,1-2H3;. The number of fused-ring (bicyclic) bond motifs is 2. The van der Waals surface area contributed by atoms with Crippen LogP contribution in [0.3, 0.4) is 0 Å². The van der Waals surface area contributed by atoms with Gasteiger partial charge in [0.15, 0.2) is 0 Å². The first-order chi connectivity index (χ1) is 24.4. The molecule has 0 heterocycles. The van der Waals surface area contributed by atoms with Crippen molar-refractivity contribution in [2.24, 2.45) is 0 Å². The van der Waals surface area contributed by atoms with Gasteiger partial charge in [0, 0.05) is 0 Å². The number of hydrogen-bond donors (Lipinski definition) is 0. The van der Waals surface area contributed by atoms with Crippen LogP contribution in [0.5, 0.6) is 0 Å². The molecule has 0 saturated heterocycles. The zero-order chi connectivity index (χ0) is 34.3. The summed E-state index contributed by atoms with van der Waals surface area (Å²) in [4.78, 5) is 0. The Morgan fingerprint density at radius 3 is 1.16 bits per heavy atom. The molecule has 0 amide bonds. The third-order valence-corrected chi connectivity index (χ3v) is 61.2. The van der Waals surface area contributed by atoms with E-state index in [4.69, 9.17) is 0 Å². The second-order valence-electron chi connectivity index (χ2n) is 15.4. The summed E-state index contributed by atoms with van der Waals surface area (Å²) in [6, 6.07) is 59.9. The van der Waals surface area contributed by atoms with Gasteiger partial charge < -0.3 is 0 Å². The molecular weight excluding hydrogens is 696 g/mol. The van der Waals surface area contributed by atoms with Crippen molar-refractivity contribution in [3.63, 3.8) is 0 Å². The minimum atomic E-state index is -4.40. The molecule has 2 unspecified atom stereocenters. The maximum atomic E-state index is 2.76. The number of hydrogen-bond acceptors (Lipinski definition) is 0. The topological polar surface area (TPSA) is 0 Å². The van der Waals surface area contributed by atoms with E-state index in [0.717, 1.165) is 0 Å². The molecule has 6 aromatic rings. The first-order valence-electron chi connectivity index (χ1n) is 18.4. The van der Waals surface area contributed by atoms with Crippen molar-refractivity contribution in [1.82, 2.24) is 0 Å². The molecule has 247 valence electrons. The van der Waals surface area contributed by atoms with Crippen LogP contribution in [0.15, 0.2) is 169 Å².